The Hall–Kier alpha value is -2.37. The second kappa shape index (κ2) is 7.47. The summed E-state index contributed by atoms with van der Waals surface area (Å²) in [5.41, 5.74) is 0.545. The van der Waals surface area contributed by atoms with Crippen LogP contribution < -0.4 is 10.6 Å². The van der Waals surface area contributed by atoms with Gasteiger partial charge in [-0.3, -0.25) is 14.4 Å². The molecule has 0 spiro atoms. The first-order chi connectivity index (χ1) is 10.9. The van der Waals surface area contributed by atoms with Crippen molar-refractivity contribution >= 4 is 17.8 Å². The second-order valence-corrected chi connectivity index (χ2v) is 7.48. The van der Waals surface area contributed by atoms with Crippen molar-refractivity contribution in [1.29, 1.82) is 0 Å². The third-order valence-electron chi connectivity index (χ3n) is 3.73. The van der Waals surface area contributed by atoms with Crippen molar-refractivity contribution in [2.24, 2.45) is 5.41 Å². The van der Waals surface area contributed by atoms with Crippen LogP contribution in [0.2, 0.25) is 0 Å². The third-order valence-corrected chi connectivity index (χ3v) is 3.73. The maximum atomic E-state index is 12.0. The van der Waals surface area contributed by atoms with Gasteiger partial charge in [-0.05, 0) is 37.0 Å². The summed E-state index contributed by atoms with van der Waals surface area (Å²) in [6.45, 7) is 9.10. The second-order valence-electron chi connectivity index (χ2n) is 7.48. The predicted octanol–water partition coefficient (Wildman–Crippen LogP) is 1.94. The average Bonchev–Trinajstić information content (AvgIpc) is 2.49. The van der Waals surface area contributed by atoms with Crippen LogP contribution in [0.3, 0.4) is 0 Å². The van der Waals surface area contributed by atoms with Crippen LogP contribution in [0.25, 0.3) is 0 Å². The van der Waals surface area contributed by atoms with Gasteiger partial charge in [0.25, 0.3) is 5.91 Å². The zero-order chi connectivity index (χ0) is 18.5. The minimum absolute atomic E-state index is 0.00266. The summed E-state index contributed by atoms with van der Waals surface area (Å²) >= 11 is 0. The fourth-order valence-corrected chi connectivity index (χ4v) is 1.84. The van der Waals surface area contributed by atoms with Crippen molar-refractivity contribution in [3.8, 4) is 0 Å². The highest BCUT2D eigenvalue weighted by molar-refractivity contribution is 5.96. The van der Waals surface area contributed by atoms with Crippen LogP contribution in [0.4, 0.5) is 0 Å². The molecule has 24 heavy (non-hydrogen) atoms. The number of benzene rings is 1. The fourth-order valence-electron chi connectivity index (χ4n) is 1.84. The van der Waals surface area contributed by atoms with E-state index in [1.54, 1.807) is 12.1 Å². The summed E-state index contributed by atoms with van der Waals surface area (Å²) in [6, 6.07) is 7.23. The van der Waals surface area contributed by atoms with Gasteiger partial charge in [-0.25, -0.2) is 0 Å². The summed E-state index contributed by atoms with van der Waals surface area (Å²) in [7, 11) is 0. The molecule has 3 N–H and O–H groups in total. The topological polar surface area (TPSA) is 95.5 Å². The Morgan fingerprint density at radius 3 is 1.96 bits per heavy atom. The van der Waals surface area contributed by atoms with E-state index in [-0.39, 0.29) is 24.4 Å². The van der Waals surface area contributed by atoms with Gasteiger partial charge in [0.15, 0.2) is 0 Å². The van der Waals surface area contributed by atoms with Crippen LogP contribution in [0.5, 0.6) is 0 Å². The first kappa shape index (κ1) is 19.7. The molecule has 0 aliphatic rings. The van der Waals surface area contributed by atoms with E-state index in [2.05, 4.69) is 31.4 Å². The fraction of sp³-hybridized carbons (Fsp3) is 0.500. The van der Waals surface area contributed by atoms with Crippen molar-refractivity contribution in [3.05, 3.63) is 35.4 Å². The largest absolute Gasteiger partial charge is 0.481 e. The molecule has 0 unspecified atom stereocenters. The van der Waals surface area contributed by atoms with E-state index in [9.17, 15) is 14.4 Å². The Bertz CT molecular complexity index is 613. The lowest BCUT2D eigenvalue weighted by atomic mass is 9.87. The van der Waals surface area contributed by atoms with Gasteiger partial charge >= 0.3 is 5.97 Å². The lowest BCUT2D eigenvalue weighted by Crippen LogP contribution is -2.43. The molecule has 6 nitrogen and oxygen atoms in total. The predicted molar refractivity (Wildman–Crippen MR) is 91.9 cm³/mol. The molecule has 132 valence electrons. The van der Waals surface area contributed by atoms with Gasteiger partial charge in [-0.1, -0.05) is 32.9 Å². The molecule has 0 aromatic heterocycles. The van der Waals surface area contributed by atoms with Gasteiger partial charge in [0, 0.05) is 12.1 Å². The van der Waals surface area contributed by atoms with E-state index in [0.717, 1.165) is 5.56 Å². The number of carbonyl (C=O) groups excluding carboxylic acids is 2. The Morgan fingerprint density at radius 2 is 1.50 bits per heavy atom. The highest BCUT2D eigenvalue weighted by Gasteiger charge is 2.27. The van der Waals surface area contributed by atoms with E-state index in [1.165, 1.54) is 13.8 Å². The molecule has 0 fully saturated rings. The number of hydrogen-bond acceptors (Lipinski definition) is 3. The quantitative estimate of drug-likeness (QED) is 0.741. The molecule has 1 aromatic carbocycles. The van der Waals surface area contributed by atoms with E-state index in [0.29, 0.717) is 5.56 Å². The zero-order valence-electron chi connectivity index (χ0n) is 14.9. The number of nitrogens with one attached hydrogen (secondary N) is 2. The van der Waals surface area contributed by atoms with Crippen molar-refractivity contribution in [1.82, 2.24) is 10.6 Å². The highest BCUT2D eigenvalue weighted by Crippen LogP contribution is 2.22. The van der Waals surface area contributed by atoms with Gasteiger partial charge in [0.2, 0.25) is 5.91 Å². The normalized spacial score (nSPS) is 11.7. The van der Waals surface area contributed by atoms with Crippen LogP contribution in [0, 0.1) is 5.41 Å². The maximum Gasteiger partial charge on any atom is 0.310 e. The average molecular weight is 334 g/mol. The van der Waals surface area contributed by atoms with Crippen molar-refractivity contribution < 1.29 is 19.5 Å². The number of amides is 2. The van der Waals surface area contributed by atoms with E-state index in [1.807, 2.05) is 12.1 Å². The Morgan fingerprint density at radius 1 is 0.958 bits per heavy atom. The molecule has 0 atom stereocenters. The van der Waals surface area contributed by atoms with Crippen molar-refractivity contribution in [3.63, 3.8) is 0 Å². The van der Waals surface area contributed by atoms with E-state index < -0.39 is 17.3 Å². The minimum Gasteiger partial charge on any atom is -0.481 e. The number of rotatable bonds is 6. The number of hydrogen-bond donors (Lipinski definition) is 3. The van der Waals surface area contributed by atoms with Gasteiger partial charge in [-0.15, -0.1) is 0 Å². The Balaban J connectivity index is 2.51. The van der Waals surface area contributed by atoms with Crippen LogP contribution in [0.15, 0.2) is 24.3 Å². The third kappa shape index (κ3) is 5.68. The van der Waals surface area contributed by atoms with Crippen LogP contribution in [-0.4, -0.2) is 36.0 Å². The molecule has 2 amide bonds. The molecule has 0 aliphatic carbocycles. The Kier molecular flexibility index (Phi) is 6.12. The molecule has 1 aromatic rings. The molecule has 0 radical (unpaired) electrons. The summed E-state index contributed by atoms with van der Waals surface area (Å²) in [5, 5.41) is 14.0. The maximum absolute atomic E-state index is 12.0. The smallest absolute Gasteiger partial charge is 0.310 e. The highest BCUT2D eigenvalue weighted by atomic mass is 16.4. The van der Waals surface area contributed by atoms with Crippen molar-refractivity contribution in [2.45, 2.75) is 40.0 Å². The summed E-state index contributed by atoms with van der Waals surface area (Å²) in [5.74, 6) is -1.77. The molecule has 0 bridgehead atoms. The zero-order valence-corrected chi connectivity index (χ0v) is 14.9. The SMILES string of the molecule is CC(C)(CNC(=O)CNC(=O)c1ccc(C(C)(C)C)cc1)C(=O)O. The number of carboxylic acid groups (broad SMARTS) is 1. The molecule has 0 saturated heterocycles. The minimum atomic E-state index is -1.05. The number of carboxylic acids is 1. The Labute approximate surface area is 142 Å². The monoisotopic (exact) mass is 334 g/mol. The first-order valence-corrected chi connectivity index (χ1v) is 7.82. The first-order valence-electron chi connectivity index (χ1n) is 7.82. The molecule has 1 rings (SSSR count). The molecule has 0 saturated carbocycles. The van der Waals surface area contributed by atoms with Crippen LogP contribution in [-0.2, 0) is 15.0 Å². The molecular formula is C18H26N2O4. The summed E-state index contributed by atoms with van der Waals surface area (Å²) in [4.78, 5) is 34.7. The van der Waals surface area contributed by atoms with Gasteiger partial charge in [-0.2, -0.15) is 0 Å². The van der Waals surface area contributed by atoms with Crippen molar-refractivity contribution in [2.75, 3.05) is 13.1 Å². The van der Waals surface area contributed by atoms with E-state index in [4.69, 9.17) is 5.11 Å². The summed E-state index contributed by atoms with van der Waals surface area (Å²) in [6.07, 6.45) is 0. The van der Waals surface area contributed by atoms with Gasteiger partial charge in [0.05, 0.1) is 12.0 Å². The summed E-state index contributed by atoms with van der Waals surface area (Å²) < 4.78 is 0. The lowest BCUT2D eigenvalue weighted by molar-refractivity contribution is -0.146. The lowest BCUT2D eigenvalue weighted by Gasteiger charge is -2.19. The molecule has 0 aliphatic heterocycles. The number of carbonyl (C=O) groups is 3. The molecular weight excluding hydrogens is 308 g/mol. The van der Waals surface area contributed by atoms with Crippen LogP contribution in [0.1, 0.15) is 50.5 Å². The standard InChI is InChI=1S/C18H26N2O4/c1-17(2,3)13-8-6-12(7-9-13)15(22)19-10-14(21)20-11-18(4,5)16(23)24/h6-9H,10-11H2,1-5H3,(H,19,22)(H,20,21)(H,23,24). The van der Waals surface area contributed by atoms with Gasteiger partial charge < -0.3 is 15.7 Å². The van der Waals surface area contributed by atoms with Crippen LogP contribution >= 0.6 is 0 Å². The molecule has 0 heterocycles. The van der Waals surface area contributed by atoms with E-state index >= 15 is 0 Å². The molecule has 6 heteroatoms. The van der Waals surface area contributed by atoms with Gasteiger partial charge in [0.1, 0.15) is 0 Å². The number of aliphatic carboxylic acids is 1.